The van der Waals surface area contributed by atoms with Gasteiger partial charge in [0.2, 0.25) is 5.91 Å². The summed E-state index contributed by atoms with van der Waals surface area (Å²) in [6.45, 7) is 0.949. The minimum absolute atomic E-state index is 0.0562. The molecule has 1 fully saturated rings. The molecule has 0 radical (unpaired) electrons. The van der Waals surface area contributed by atoms with Crippen LogP contribution in [0.2, 0.25) is 0 Å². The number of nitrogens with one attached hydrogen (secondary N) is 1. The van der Waals surface area contributed by atoms with E-state index in [2.05, 4.69) is 5.32 Å². The lowest BCUT2D eigenvalue weighted by molar-refractivity contribution is -0.122. The van der Waals surface area contributed by atoms with Gasteiger partial charge in [-0.05, 0) is 42.0 Å². The number of carbonyl (C=O) groups is 1. The molecule has 0 saturated heterocycles. The number of ether oxygens (including phenoxy) is 2. The number of benzene rings is 2. The van der Waals surface area contributed by atoms with Gasteiger partial charge in [-0.2, -0.15) is 0 Å². The first-order chi connectivity index (χ1) is 13.2. The molecule has 144 valence electrons. The third-order valence-corrected chi connectivity index (χ3v) is 5.12. The highest BCUT2D eigenvalue weighted by Crippen LogP contribution is 2.29. The molecule has 1 aliphatic rings. The Kier molecular flexibility index (Phi) is 6.71. The lowest BCUT2D eigenvalue weighted by Crippen LogP contribution is -2.31. The minimum Gasteiger partial charge on any atom is -0.493 e. The van der Waals surface area contributed by atoms with Crippen LogP contribution < -0.4 is 20.5 Å². The van der Waals surface area contributed by atoms with Crippen LogP contribution in [0.25, 0.3) is 0 Å². The van der Waals surface area contributed by atoms with Crippen LogP contribution >= 0.6 is 0 Å². The standard InChI is InChI=1S/C22H28N2O3/c1-26-21-12-17(14-24-22(25)13-18-8-5-9-19(18)23)10-11-20(21)27-15-16-6-3-2-4-7-16/h2-4,6-7,10-12,18-19H,5,8-9,13-15,23H2,1H3,(H,24,25)/t18-,19+/m0/s1. The number of nitrogens with two attached hydrogens (primary N) is 1. The molecule has 0 spiro atoms. The van der Waals surface area contributed by atoms with Gasteiger partial charge in [-0.15, -0.1) is 0 Å². The quantitative estimate of drug-likeness (QED) is 0.749. The minimum atomic E-state index is 0.0562. The first kappa shape index (κ1) is 19.2. The number of rotatable bonds is 8. The van der Waals surface area contributed by atoms with Crippen LogP contribution in [0.3, 0.4) is 0 Å². The van der Waals surface area contributed by atoms with Gasteiger partial charge in [0.1, 0.15) is 6.61 Å². The van der Waals surface area contributed by atoms with E-state index in [1.165, 1.54) is 0 Å². The van der Waals surface area contributed by atoms with Crippen LogP contribution in [-0.4, -0.2) is 19.1 Å². The second kappa shape index (κ2) is 9.42. The highest BCUT2D eigenvalue weighted by atomic mass is 16.5. The van der Waals surface area contributed by atoms with Gasteiger partial charge in [0, 0.05) is 19.0 Å². The van der Waals surface area contributed by atoms with Gasteiger partial charge >= 0.3 is 0 Å². The zero-order chi connectivity index (χ0) is 19.1. The normalized spacial score (nSPS) is 18.9. The molecule has 27 heavy (non-hydrogen) atoms. The molecule has 0 aromatic heterocycles. The number of hydrogen-bond donors (Lipinski definition) is 2. The molecule has 5 nitrogen and oxygen atoms in total. The van der Waals surface area contributed by atoms with Gasteiger partial charge in [0.25, 0.3) is 0 Å². The predicted octanol–water partition coefficient (Wildman–Crippen LogP) is 3.41. The van der Waals surface area contributed by atoms with Gasteiger partial charge in [0.15, 0.2) is 11.5 Å². The molecule has 3 rings (SSSR count). The maximum Gasteiger partial charge on any atom is 0.220 e. The molecule has 0 aliphatic heterocycles. The summed E-state index contributed by atoms with van der Waals surface area (Å²) in [6.07, 6.45) is 3.72. The van der Waals surface area contributed by atoms with Crippen molar-refractivity contribution < 1.29 is 14.3 Å². The monoisotopic (exact) mass is 368 g/mol. The van der Waals surface area contributed by atoms with Crippen LogP contribution in [0.5, 0.6) is 11.5 Å². The topological polar surface area (TPSA) is 73.6 Å². The van der Waals surface area contributed by atoms with Crippen molar-refractivity contribution in [3.05, 3.63) is 59.7 Å². The van der Waals surface area contributed by atoms with E-state index in [-0.39, 0.29) is 11.9 Å². The molecule has 2 atom stereocenters. The summed E-state index contributed by atoms with van der Waals surface area (Å²) < 4.78 is 11.3. The summed E-state index contributed by atoms with van der Waals surface area (Å²) in [5.41, 5.74) is 8.12. The van der Waals surface area contributed by atoms with Crippen molar-refractivity contribution in [1.29, 1.82) is 0 Å². The van der Waals surface area contributed by atoms with Crippen LogP contribution in [0.1, 0.15) is 36.8 Å². The summed E-state index contributed by atoms with van der Waals surface area (Å²) >= 11 is 0. The lowest BCUT2D eigenvalue weighted by Gasteiger charge is -2.15. The third kappa shape index (κ3) is 5.47. The van der Waals surface area contributed by atoms with E-state index in [1.54, 1.807) is 7.11 Å². The van der Waals surface area contributed by atoms with Crippen molar-refractivity contribution in [1.82, 2.24) is 5.32 Å². The van der Waals surface area contributed by atoms with Gasteiger partial charge in [-0.1, -0.05) is 42.8 Å². The van der Waals surface area contributed by atoms with Crippen molar-refractivity contribution in [3.8, 4) is 11.5 Å². The third-order valence-electron chi connectivity index (χ3n) is 5.12. The molecular weight excluding hydrogens is 340 g/mol. The summed E-state index contributed by atoms with van der Waals surface area (Å²) in [5.74, 6) is 1.72. The smallest absolute Gasteiger partial charge is 0.220 e. The average molecular weight is 368 g/mol. The number of methoxy groups -OCH3 is 1. The highest BCUT2D eigenvalue weighted by molar-refractivity contribution is 5.76. The highest BCUT2D eigenvalue weighted by Gasteiger charge is 2.25. The Hall–Kier alpha value is -2.53. The van der Waals surface area contributed by atoms with Gasteiger partial charge < -0.3 is 20.5 Å². The van der Waals surface area contributed by atoms with Gasteiger partial charge in [-0.25, -0.2) is 0 Å². The fourth-order valence-corrected chi connectivity index (χ4v) is 3.51. The summed E-state index contributed by atoms with van der Waals surface area (Å²) in [5, 5.41) is 2.98. The summed E-state index contributed by atoms with van der Waals surface area (Å²) in [7, 11) is 1.62. The Labute approximate surface area is 160 Å². The van der Waals surface area contributed by atoms with Crippen molar-refractivity contribution >= 4 is 5.91 Å². The molecule has 1 aliphatic carbocycles. The van der Waals surface area contributed by atoms with Crippen LogP contribution in [0.15, 0.2) is 48.5 Å². The van der Waals surface area contributed by atoms with E-state index in [0.717, 1.165) is 30.4 Å². The molecule has 2 aromatic rings. The Morgan fingerprint density at radius 2 is 1.93 bits per heavy atom. The molecule has 0 unspecified atom stereocenters. The Morgan fingerprint density at radius 1 is 1.11 bits per heavy atom. The van der Waals surface area contributed by atoms with Crippen molar-refractivity contribution in [3.63, 3.8) is 0 Å². The molecule has 2 aromatic carbocycles. The molecule has 0 heterocycles. The SMILES string of the molecule is COc1cc(CNC(=O)C[C@@H]2CCC[C@H]2N)ccc1OCc1ccccc1. The average Bonchev–Trinajstić information content (AvgIpc) is 3.10. The predicted molar refractivity (Wildman–Crippen MR) is 106 cm³/mol. The molecule has 0 bridgehead atoms. The van der Waals surface area contributed by atoms with Crippen LogP contribution in [0.4, 0.5) is 0 Å². The first-order valence-corrected chi connectivity index (χ1v) is 9.51. The molecule has 1 saturated carbocycles. The summed E-state index contributed by atoms with van der Waals surface area (Å²) in [4.78, 5) is 12.2. The zero-order valence-corrected chi connectivity index (χ0v) is 15.8. The fraction of sp³-hybridized carbons (Fsp3) is 0.409. The molecule has 3 N–H and O–H groups in total. The molecule has 5 heteroatoms. The second-order valence-electron chi connectivity index (χ2n) is 7.10. The second-order valence-corrected chi connectivity index (χ2v) is 7.10. The maximum absolute atomic E-state index is 12.2. The molecule has 1 amide bonds. The van der Waals surface area contributed by atoms with E-state index in [4.69, 9.17) is 15.2 Å². The summed E-state index contributed by atoms with van der Waals surface area (Å²) in [6, 6.07) is 15.9. The van der Waals surface area contributed by atoms with E-state index >= 15 is 0 Å². The Balaban J connectivity index is 1.53. The Morgan fingerprint density at radius 3 is 2.63 bits per heavy atom. The number of carbonyl (C=O) groups excluding carboxylic acids is 1. The van der Waals surface area contributed by atoms with Crippen molar-refractivity contribution in [2.45, 2.75) is 44.9 Å². The van der Waals surface area contributed by atoms with Crippen LogP contribution in [0, 0.1) is 5.92 Å². The molecular formula is C22H28N2O3. The van der Waals surface area contributed by atoms with E-state index in [9.17, 15) is 4.79 Å². The van der Waals surface area contributed by atoms with E-state index in [0.29, 0.717) is 37.0 Å². The van der Waals surface area contributed by atoms with Crippen molar-refractivity contribution in [2.24, 2.45) is 11.7 Å². The Bertz CT molecular complexity index is 748. The van der Waals surface area contributed by atoms with Gasteiger partial charge in [0.05, 0.1) is 7.11 Å². The number of hydrogen-bond acceptors (Lipinski definition) is 4. The van der Waals surface area contributed by atoms with E-state index in [1.807, 2.05) is 48.5 Å². The largest absolute Gasteiger partial charge is 0.493 e. The fourth-order valence-electron chi connectivity index (χ4n) is 3.51. The van der Waals surface area contributed by atoms with Crippen molar-refractivity contribution in [2.75, 3.05) is 7.11 Å². The first-order valence-electron chi connectivity index (χ1n) is 9.51. The van der Waals surface area contributed by atoms with Crippen LogP contribution in [-0.2, 0) is 17.9 Å². The zero-order valence-electron chi connectivity index (χ0n) is 15.8. The maximum atomic E-state index is 12.2. The number of amides is 1. The lowest BCUT2D eigenvalue weighted by atomic mass is 10.00. The van der Waals surface area contributed by atoms with Gasteiger partial charge in [-0.3, -0.25) is 4.79 Å². The van der Waals surface area contributed by atoms with E-state index < -0.39 is 0 Å².